The first kappa shape index (κ1) is 12.7. The molecule has 0 radical (unpaired) electrons. The molecule has 7 heteroatoms. The van der Waals surface area contributed by atoms with Crippen LogP contribution in [0.15, 0.2) is 22.8 Å². The monoisotopic (exact) mass is 314 g/mol. The zero-order chi connectivity index (χ0) is 13.3. The average Bonchev–Trinajstić information content (AvgIpc) is 2.30. The number of aryl methyl sites for hydroxylation is 1. The summed E-state index contributed by atoms with van der Waals surface area (Å²) in [6.45, 7) is 1.69. The zero-order valence-electron chi connectivity index (χ0n) is 9.34. The van der Waals surface area contributed by atoms with Crippen LogP contribution < -0.4 is 11.1 Å². The highest BCUT2D eigenvalue weighted by Crippen LogP contribution is 2.27. The second-order valence-electron chi connectivity index (χ2n) is 3.63. The number of anilines is 3. The maximum Gasteiger partial charge on any atom is 0.222 e. The van der Waals surface area contributed by atoms with Crippen LogP contribution >= 0.6 is 15.9 Å². The molecule has 94 valence electrons. The van der Waals surface area contributed by atoms with Crippen LogP contribution in [0.3, 0.4) is 0 Å². The lowest BCUT2D eigenvalue weighted by molar-refractivity contribution is 0.618. The van der Waals surface area contributed by atoms with Gasteiger partial charge in [-0.25, -0.2) is 13.8 Å². The molecule has 0 amide bonds. The van der Waals surface area contributed by atoms with Gasteiger partial charge in [-0.3, -0.25) is 0 Å². The third-order valence-electron chi connectivity index (χ3n) is 2.28. The molecule has 0 unspecified atom stereocenters. The normalized spacial score (nSPS) is 10.4. The van der Waals surface area contributed by atoms with Gasteiger partial charge in [-0.15, -0.1) is 0 Å². The van der Waals surface area contributed by atoms with Crippen molar-refractivity contribution in [2.24, 2.45) is 0 Å². The molecule has 0 saturated heterocycles. The molecule has 0 fully saturated rings. The van der Waals surface area contributed by atoms with E-state index in [9.17, 15) is 8.78 Å². The Hall–Kier alpha value is -1.76. The second-order valence-corrected chi connectivity index (χ2v) is 4.49. The van der Waals surface area contributed by atoms with Crippen molar-refractivity contribution in [3.8, 4) is 0 Å². The molecule has 0 saturated carbocycles. The maximum atomic E-state index is 13.4. The first-order chi connectivity index (χ1) is 8.47. The van der Waals surface area contributed by atoms with Crippen molar-refractivity contribution in [3.05, 3.63) is 40.0 Å². The fraction of sp³-hybridized carbons (Fsp3) is 0.0909. The number of rotatable bonds is 2. The van der Waals surface area contributed by atoms with Crippen molar-refractivity contribution in [2.45, 2.75) is 6.92 Å². The minimum absolute atomic E-state index is 0.0438. The van der Waals surface area contributed by atoms with Gasteiger partial charge in [0.1, 0.15) is 5.82 Å². The van der Waals surface area contributed by atoms with Gasteiger partial charge in [0.2, 0.25) is 5.95 Å². The molecule has 18 heavy (non-hydrogen) atoms. The molecular formula is C11H9BrF2N4. The molecule has 0 aliphatic heterocycles. The maximum absolute atomic E-state index is 13.4. The molecule has 0 aliphatic rings. The van der Waals surface area contributed by atoms with Crippen LogP contribution in [-0.2, 0) is 0 Å². The van der Waals surface area contributed by atoms with Gasteiger partial charge >= 0.3 is 0 Å². The van der Waals surface area contributed by atoms with Gasteiger partial charge in [0.05, 0.1) is 10.7 Å². The van der Waals surface area contributed by atoms with Crippen molar-refractivity contribution < 1.29 is 8.78 Å². The Bertz CT molecular complexity index is 604. The highest BCUT2D eigenvalue weighted by atomic mass is 79.9. The largest absolute Gasteiger partial charge is 0.368 e. The Labute approximate surface area is 110 Å². The third kappa shape index (κ3) is 2.56. The summed E-state index contributed by atoms with van der Waals surface area (Å²) < 4.78 is 27.0. The number of nitrogens with zero attached hydrogens (tertiary/aromatic N) is 2. The fourth-order valence-corrected chi connectivity index (χ4v) is 1.72. The number of nitrogen functional groups attached to an aromatic ring is 1. The molecule has 1 aromatic heterocycles. The van der Waals surface area contributed by atoms with E-state index < -0.39 is 5.82 Å². The van der Waals surface area contributed by atoms with E-state index in [1.165, 1.54) is 12.1 Å². The van der Waals surface area contributed by atoms with E-state index >= 15 is 0 Å². The average molecular weight is 315 g/mol. The number of hydrogen-bond donors (Lipinski definition) is 2. The molecule has 0 atom stereocenters. The van der Waals surface area contributed by atoms with Crippen LogP contribution in [0.2, 0.25) is 0 Å². The van der Waals surface area contributed by atoms with E-state index in [-0.39, 0.29) is 22.1 Å². The van der Waals surface area contributed by atoms with Crippen LogP contribution in [0.1, 0.15) is 5.56 Å². The van der Waals surface area contributed by atoms with Gasteiger partial charge in [-0.05, 0) is 40.5 Å². The van der Waals surface area contributed by atoms with Gasteiger partial charge < -0.3 is 11.1 Å². The molecular weight excluding hydrogens is 306 g/mol. The van der Waals surface area contributed by atoms with Crippen LogP contribution in [-0.4, -0.2) is 9.97 Å². The van der Waals surface area contributed by atoms with E-state index in [0.29, 0.717) is 11.3 Å². The van der Waals surface area contributed by atoms with E-state index in [2.05, 4.69) is 31.2 Å². The van der Waals surface area contributed by atoms with E-state index in [0.717, 1.165) is 6.20 Å². The Kier molecular flexibility index (Phi) is 3.42. The lowest BCUT2D eigenvalue weighted by Gasteiger charge is -2.10. The second kappa shape index (κ2) is 4.85. The number of hydrogen-bond acceptors (Lipinski definition) is 4. The molecule has 2 aromatic rings. The predicted octanol–water partition coefficient (Wildman–Crippen LogP) is 3.15. The highest BCUT2D eigenvalue weighted by Gasteiger charge is 2.10. The topological polar surface area (TPSA) is 63.8 Å². The minimum atomic E-state index is -0.635. The minimum Gasteiger partial charge on any atom is -0.368 e. The van der Waals surface area contributed by atoms with Crippen molar-refractivity contribution in [1.29, 1.82) is 0 Å². The van der Waals surface area contributed by atoms with Crippen LogP contribution in [0, 0.1) is 18.6 Å². The van der Waals surface area contributed by atoms with Crippen LogP contribution in [0.4, 0.5) is 26.2 Å². The number of nitrogens with one attached hydrogen (secondary N) is 1. The molecule has 1 heterocycles. The Morgan fingerprint density at radius 2 is 2.00 bits per heavy atom. The zero-order valence-corrected chi connectivity index (χ0v) is 10.9. The summed E-state index contributed by atoms with van der Waals surface area (Å²) in [6.07, 6.45) is 0.971. The van der Waals surface area contributed by atoms with Crippen molar-refractivity contribution in [2.75, 3.05) is 11.1 Å². The first-order valence-electron chi connectivity index (χ1n) is 4.98. The number of halogens is 3. The van der Waals surface area contributed by atoms with E-state index in [1.54, 1.807) is 6.92 Å². The highest BCUT2D eigenvalue weighted by molar-refractivity contribution is 9.10. The van der Waals surface area contributed by atoms with Gasteiger partial charge in [0, 0.05) is 5.69 Å². The molecule has 4 nitrogen and oxygen atoms in total. The predicted molar refractivity (Wildman–Crippen MR) is 68.5 cm³/mol. The molecule has 3 N–H and O–H groups in total. The molecule has 0 spiro atoms. The summed E-state index contributed by atoms with van der Waals surface area (Å²) >= 11 is 3.06. The SMILES string of the molecule is Cc1cc(F)c(Br)cc1Nc1nc(N)ncc1F. The molecule has 1 aromatic carbocycles. The van der Waals surface area contributed by atoms with Gasteiger partial charge in [-0.1, -0.05) is 0 Å². The smallest absolute Gasteiger partial charge is 0.222 e. The quantitative estimate of drug-likeness (QED) is 0.893. The Morgan fingerprint density at radius 3 is 2.72 bits per heavy atom. The van der Waals surface area contributed by atoms with Gasteiger partial charge in [-0.2, -0.15) is 4.98 Å². The van der Waals surface area contributed by atoms with Crippen LogP contribution in [0.5, 0.6) is 0 Å². The molecule has 2 rings (SSSR count). The van der Waals surface area contributed by atoms with Gasteiger partial charge in [0.15, 0.2) is 11.6 Å². The van der Waals surface area contributed by atoms with Crippen molar-refractivity contribution in [1.82, 2.24) is 9.97 Å². The first-order valence-corrected chi connectivity index (χ1v) is 5.77. The lowest BCUT2D eigenvalue weighted by Crippen LogP contribution is -2.03. The van der Waals surface area contributed by atoms with Crippen molar-refractivity contribution in [3.63, 3.8) is 0 Å². The lowest BCUT2D eigenvalue weighted by atomic mass is 10.2. The Morgan fingerprint density at radius 1 is 1.28 bits per heavy atom. The number of aromatic nitrogens is 2. The van der Waals surface area contributed by atoms with E-state index in [4.69, 9.17) is 5.73 Å². The summed E-state index contributed by atoms with van der Waals surface area (Å²) in [5, 5.41) is 2.75. The van der Waals surface area contributed by atoms with Crippen molar-refractivity contribution >= 4 is 33.4 Å². The summed E-state index contributed by atoms with van der Waals surface area (Å²) in [5.41, 5.74) is 6.52. The Balaban J connectivity index is 2.40. The summed E-state index contributed by atoms with van der Waals surface area (Å²) in [4.78, 5) is 7.25. The summed E-state index contributed by atoms with van der Waals surface area (Å²) in [7, 11) is 0. The molecule has 0 aliphatic carbocycles. The van der Waals surface area contributed by atoms with E-state index in [1.807, 2.05) is 0 Å². The molecule has 0 bridgehead atoms. The van der Waals surface area contributed by atoms with Gasteiger partial charge in [0.25, 0.3) is 0 Å². The summed E-state index contributed by atoms with van der Waals surface area (Å²) in [5.74, 6) is -1.12. The third-order valence-corrected chi connectivity index (χ3v) is 2.89. The summed E-state index contributed by atoms with van der Waals surface area (Å²) in [6, 6.07) is 2.83. The fourth-order valence-electron chi connectivity index (χ4n) is 1.38. The number of nitrogens with two attached hydrogens (primary N) is 1. The standard InChI is InChI=1S/C11H9BrF2N4/c1-5-2-7(13)6(12)3-9(5)17-10-8(14)4-16-11(15)18-10/h2-4H,1H3,(H3,15,16,17,18). The van der Waals surface area contributed by atoms with Crippen LogP contribution in [0.25, 0.3) is 0 Å². The number of benzene rings is 1.